The molecule has 1 saturated heterocycles. The zero-order valence-corrected chi connectivity index (χ0v) is 20.0. The van der Waals surface area contributed by atoms with Crippen LogP contribution in [0.25, 0.3) is 0 Å². The van der Waals surface area contributed by atoms with Crippen LogP contribution in [0.1, 0.15) is 30.0 Å². The van der Waals surface area contributed by atoms with Gasteiger partial charge >= 0.3 is 0 Å². The van der Waals surface area contributed by atoms with Crippen molar-refractivity contribution < 1.29 is 23.7 Å². The van der Waals surface area contributed by atoms with Gasteiger partial charge in [-0.1, -0.05) is 91.0 Å². The first kappa shape index (κ1) is 25.1. The molecule has 1 aliphatic heterocycles. The molecule has 1 aliphatic rings. The fourth-order valence-corrected chi connectivity index (χ4v) is 4.14. The number of nitrogens with one attached hydrogen (secondary N) is 1. The minimum atomic E-state index is -0.668. The quantitative estimate of drug-likeness (QED) is 0.438. The molecular formula is C29H33NO5. The van der Waals surface area contributed by atoms with Gasteiger partial charge in [-0.2, -0.15) is 0 Å². The van der Waals surface area contributed by atoms with E-state index in [-0.39, 0.29) is 18.1 Å². The maximum atomic E-state index is 12.1. The minimum absolute atomic E-state index is 0.154. The summed E-state index contributed by atoms with van der Waals surface area (Å²) in [5, 5.41) is 3.00. The fraction of sp³-hybridized carbons (Fsp3) is 0.345. The Hall–Kier alpha value is -3.03. The molecule has 4 rings (SSSR count). The number of carbonyl (C=O) groups is 1. The van der Waals surface area contributed by atoms with E-state index >= 15 is 0 Å². The normalized spacial score (nSPS) is 22.0. The Morgan fingerprint density at radius 2 is 1.31 bits per heavy atom. The number of hydrogen-bond acceptors (Lipinski definition) is 5. The third kappa shape index (κ3) is 8.01. The molecule has 184 valence electrons. The smallest absolute Gasteiger partial charge is 0.217 e. The second-order valence-electron chi connectivity index (χ2n) is 8.72. The second kappa shape index (κ2) is 13.2. The van der Waals surface area contributed by atoms with E-state index < -0.39 is 12.3 Å². The van der Waals surface area contributed by atoms with Crippen molar-refractivity contribution in [1.82, 2.24) is 5.32 Å². The average Bonchev–Trinajstić information content (AvgIpc) is 2.89. The van der Waals surface area contributed by atoms with E-state index in [2.05, 4.69) is 5.32 Å². The lowest BCUT2D eigenvalue weighted by Gasteiger charge is -2.41. The lowest BCUT2D eigenvalue weighted by Crippen LogP contribution is -2.58. The Balaban J connectivity index is 1.45. The van der Waals surface area contributed by atoms with Crippen LogP contribution in [0.15, 0.2) is 91.0 Å². The van der Waals surface area contributed by atoms with Crippen molar-refractivity contribution in [2.45, 2.75) is 57.7 Å². The molecule has 6 heteroatoms. The number of ether oxygens (including phenoxy) is 4. The summed E-state index contributed by atoms with van der Waals surface area (Å²) in [6, 6.07) is 29.5. The highest BCUT2D eigenvalue weighted by atomic mass is 16.7. The first-order valence-corrected chi connectivity index (χ1v) is 12.0. The standard InChI is InChI=1S/C29H33NO5/c1-22(31)30-28-27(33-19-24-13-7-3-8-14-24)17-26(21-32-18-23-11-5-2-6-12-23)35-29(28)34-20-25-15-9-4-10-16-25/h2-16,26-29H,17-21H2,1H3,(H,30,31)/t26-,27-,28+,29?/m0/s1. The van der Waals surface area contributed by atoms with Gasteiger partial charge in [0, 0.05) is 13.3 Å². The van der Waals surface area contributed by atoms with E-state index in [4.69, 9.17) is 18.9 Å². The lowest BCUT2D eigenvalue weighted by molar-refractivity contribution is -0.251. The van der Waals surface area contributed by atoms with Crippen LogP contribution in [0.3, 0.4) is 0 Å². The van der Waals surface area contributed by atoms with Crippen molar-refractivity contribution in [2.24, 2.45) is 0 Å². The van der Waals surface area contributed by atoms with Gasteiger partial charge in [0.25, 0.3) is 0 Å². The molecule has 1 amide bonds. The maximum absolute atomic E-state index is 12.1. The zero-order valence-electron chi connectivity index (χ0n) is 20.0. The molecule has 0 aromatic heterocycles. The molecule has 3 aromatic rings. The molecule has 1 heterocycles. The maximum Gasteiger partial charge on any atom is 0.217 e. The number of carbonyl (C=O) groups excluding carboxylic acids is 1. The predicted octanol–water partition coefficient (Wildman–Crippen LogP) is 4.63. The molecule has 1 fully saturated rings. The third-order valence-corrected chi connectivity index (χ3v) is 5.86. The van der Waals surface area contributed by atoms with Gasteiger partial charge in [0.05, 0.1) is 38.6 Å². The summed E-state index contributed by atoms with van der Waals surface area (Å²) < 4.78 is 24.8. The number of hydrogen-bond donors (Lipinski definition) is 1. The molecule has 3 aromatic carbocycles. The van der Waals surface area contributed by atoms with Crippen molar-refractivity contribution in [1.29, 1.82) is 0 Å². The van der Waals surface area contributed by atoms with Gasteiger partial charge in [-0.25, -0.2) is 0 Å². The molecule has 35 heavy (non-hydrogen) atoms. The van der Waals surface area contributed by atoms with Gasteiger partial charge in [-0.3, -0.25) is 4.79 Å². The highest BCUT2D eigenvalue weighted by Gasteiger charge is 2.41. The van der Waals surface area contributed by atoms with Crippen LogP contribution in [-0.4, -0.2) is 37.1 Å². The minimum Gasteiger partial charge on any atom is -0.374 e. The molecule has 6 nitrogen and oxygen atoms in total. The van der Waals surface area contributed by atoms with E-state index in [1.807, 2.05) is 91.0 Å². The molecule has 0 radical (unpaired) electrons. The van der Waals surface area contributed by atoms with Crippen LogP contribution in [0.2, 0.25) is 0 Å². The Labute approximate surface area is 207 Å². The number of amides is 1. The molecule has 0 spiro atoms. The van der Waals surface area contributed by atoms with E-state index in [9.17, 15) is 4.79 Å². The van der Waals surface area contributed by atoms with Crippen molar-refractivity contribution in [3.8, 4) is 0 Å². The van der Waals surface area contributed by atoms with Gasteiger partial charge < -0.3 is 24.3 Å². The van der Waals surface area contributed by atoms with Crippen LogP contribution in [-0.2, 0) is 43.6 Å². The third-order valence-electron chi connectivity index (χ3n) is 5.86. The van der Waals surface area contributed by atoms with Crippen LogP contribution in [0, 0.1) is 0 Å². The van der Waals surface area contributed by atoms with Crippen molar-refractivity contribution >= 4 is 5.91 Å². The Bertz CT molecular complexity index is 962. The summed E-state index contributed by atoms with van der Waals surface area (Å²) in [7, 11) is 0. The Morgan fingerprint density at radius 1 is 0.800 bits per heavy atom. The largest absolute Gasteiger partial charge is 0.374 e. The van der Waals surface area contributed by atoms with Crippen molar-refractivity contribution in [3.63, 3.8) is 0 Å². The van der Waals surface area contributed by atoms with E-state index in [0.717, 1.165) is 16.7 Å². The Morgan fingerprint density at radius 3 is 1.86 bits per heavy atom. The van der Waals surface area contributed by atoms with E-state index in [1.165, 1.54) is 6.92 Å². The summed E-state index contributed by atoms with van der Waals surface area (Å²) in [6.07, 6.45) is -0.610. The summed E-state index contributed by atoms with van der Waals surface area (Å²) in [6.45, 7) is 3.20. The highest BCUT2D eigenvalue weighted by molar-refractivity contribution is 5.73. The molecule has 4 atom stereocenters. The van der Waals surface area contributed by atoms with Crippen molar-refractivity contribution in [3.05, 3.63) is 108 Å². The van der Waals surface area contributed by atoms with Crippen LogP contribution < -0.4 is 5.32 Å². The molecule has 0 aliphatic carbocycles. The average molecular weight is 476 g/mol. The molecule has 1 unspecified atom stereocenters. The molecule has 0 bridgehead atoms. The van der Waals surface area contributed by atoms with E-state index in [0.29, 0.717) is 32.8 Å². The van der Waals surface area contributed by atoms with Crippen molar-refractivity contribution in [2.75, 3.05) is 6.61 Å². The molecule has 0 saturated carbocycles. The Kier molecular flexibility index (Phi) is 9.43. The van der Waals surface area contributed by atoms with E-state index in [1.54, 1.807) is 0 Å². The predicted molar refractivity (Wildman–Crippen MR) is 133 cm³/mol. The lowest BCUT2D eigenvalue weighted by atomic mass is 9.99. The monoisotopic (exact) mass is 475 g/mol. The summed E-state index contributed by atoms with van der Waals surface area (Å²) in [5.74, 6) is -0.154. The number of benzene rings is 3. The van der Waals surface area contributed by atoms with Gasteiger partial charge in [0.15, 0.2) is 6.29 Å². The zero-order chi connectivity index (χ0) is 24.3. The van der Waals surface area contributed by atoms with Gasteiger partial charge in [-0.05, 0) is 16.7 Å². The first-order valence-electron chi connectivity index (χ1n) is 12.0. The van der Waals surface area contributed by atoms with Gasteiger partial charge in [-0.15, -0.1) is 0 Å². The highest BCUT2D eigenvalue weighted by Crippen LogP contribution is 2.26. The van der Waals surface area contributed by atoms with Gasteiger partial charge in [0.2, 0.25) is 5.91 Å². The van der Waals surface area contributed by atoms with Gasteiger partial charge in [0.1, 0.15) is 6.04 Å². The molecule has 1 N–H and O–H groups in total. The summed E-state index contributed by atoms with van der Waals surface area (Å²) in [5.41, 5.74) is 3.20. The van der Waals surface area contributed by atoms with Crippen LogP contribution in [0.4, 0.5) is 0 Å². The molecular weight excluding hydrogens is 442 g/mol. The van der Waals surface area contributed by atoms with Crippen LogP contribution in [0.5, 0.6) is 0 Å². The SMILES string of the molecule is CC(=O)N[C@H]1C(OCc2ccccc2)O[C@H](COCc2ccccc2)C[C@@H]1OCc1ccccc1. The second-order valence-corrected chi connectivity index (χ2v) is 8.72. The van der Waals surface area contributed by atoms with Crippen LogP contribution >= 0.6 is 0 Å². The first-order chi connectivity index (χ1) is 17.2. The fourth-order valence-electron chi connectivity index (χ4n) is 4.14. The topological polar surface area (TPSA) is 66.0 Å². The summed E-state index contributed by atoms with van der Waals surface area (Å²) >= 11 is 0. The number of rotatable bonds is 11. The summed E-state index contributed by atoms with van der Waals surface area (Å²) in [4.78, 5) is 12.1.